The van der Waals surface area contributed by atoms with Crippen LogP contribution >= 0.6 is 0 Å². The van der Waals surface area contributed by atoms with Gasteiger partial charge in [0.05, 0.1) is 0 Å². The second-order valence-corrected chi connectivity index (χ2v) is 7.17. The van der Waals surface area contributed by atoms with Crippen LogP contribution in [0.15, 0.2) is 82.1 Å². The van der Waals surface area contributed by atoms with E-state index < -0.39 is 0 Å². The molecular formula is C26H26N6. The SMILES string of the molecule is CN(C)c1ccc(/C=C/C=N\C(C#N)=C(C#N)/N=C/C=C/c2ccc(N(C)C)cc2)cc1. The number of benzene rings is 2. The van der Waals surface area contributed by atoms with Gasteiger partial charge in [-0.1, -0.05) is 36.4 Å². The van der Waals surface area contributed by atoms with Gasteiger partial charge in [0.1, 0.15) is 12.1 Å². The highest BCUT2D eigenvalue weighted by Gasteiger charge is 2.01. The van der Waals surface area contributed by atoms with Crippen molar-refractivity contribution in [2.45, 2.75) is 0 Å². The second kappa shape index (κ2) is 12.3. The zero-order valence-corrected chi connectivity index (χ0v) is 18.8. The van der Waals surface area contributed by atoms with E-state index in [1.165, 1.54) is 12.4 Å². The fraction of sp³-hybridized carbons (Fsp3) is 0.154. The molecule has 0 atom stereocenters. The van der Waals surface area contributed by atoms with Crippen molar-refractivity contribution in [2.75, 3.05) is 38.0 Å². The Morgan fingerprint density at radius 3 is 1.28 bits per heavy atom. The van der Waals surface area contributed by atoms with Crippen molar-refractivity contribution in [1.82, 2.24) is 0 Å². The number of nitrogens with zero attached hydrogens (tertiary/aromatic N) is 6. The van der Waals surface area contributed by atoms with Crippen molar-refractivity contribution in [3.63, 3.8) is 0 Å². The summed E-state index contributed by atoms with van der Waals surface area (Å²) >= 11 is 0. The molecule has 0 heterocycles. The summed E-state index contributed by atoms with van der Waals surface area (Å²) in [5, 5.41) is 18.7. The lowest BCUT2D eigenvalue weighted by atomic mass is 10.2. The fourth-order valence-corrected chi connectivity index (χ4v) is 2.60. The smallest absolute Gasteiger partial charge is 0.176 e. The van der Waals surface area contributed by atoms with Crippen LogP contribution in [0, 0.1) is 22.7 Å². The van der Waals surface area contributed by atoms with Crippen LogP contribution in [-0.2, 0) is 0 Å². The molecule has 2 aromatic rings. The number of aliphatic imine (C=N–C) groups is 2. The van der Waals surface area contributed by atoms with Crippen molar-refractivity contribution in [3.8, 4) is 12.1 Å². The summed E-state index contributed by atoms with van der Waals surface area (Å²) in [7, 11) is 7.95. The number of hydrogen-bond donors (Lipinski definition) is 0. The molecule has 32 heavy (non-hydrogen) atoms. The molecule has 0 fully saturated rings. The van der Waals surface area contributed by atoms with Crippen LogP contribution in [0.2, 0.25) is 0 Å². The molecule has 0 aliphatic rings. The van der Waals surface area contributed by atoms with Crippen LogP contribution in [0.5, 0.6) is 0 Å². The summed E-state index contributed by atoms with van der Waals surface area (Å²) in [6.07, 6.45) is 10.1. The number of rotatable bonds is 8. The summed E-state index contributed by atoms with van der Waals surface area (Å²) in [5.41, 5.74) is 4.15. The minimum atomic E-state index is -0.0416. The minimum absolute atomic E-state index is 0.0416. The minimum Gasteiger partial charge on any atom is -0.378 e. The third-order valence-corrected chi connectivity index (χ3v) is 4.41. The number of hydrogen-bond acceptors (Lipinski definition) is 6. The molecule has 0 aromatic heterocycles. The van der Waals surface area contributed by atoms with Gasteiger partial charge in [0.25, 0.3) is 0 Å². The zero-order chi connectivity index (χ0) is 23.3. The predicted octanol–water partition coefficient (Wildman–Crippen LogP) is 4.95. The van der Waals surface area contributed by atoms with E-state index >= 15 is 0 Å². The maximum atomic E-state index is 9.33. The maximum Gasteiger partial charge on any atom is 0.176 e. The van der Waals surface area contributed by atoms with E-state index in [-0.39, 0.29) is 11.4 Å². The molecular weight excluding hydrogens is 396 g/mol. The predicted molar refractivity (Wildman–Crippen MR) is 135 cm³/mol. The van der Waals surface area contributed by atoms with Crippen molar-refractivity contribution in [3.05, 3.63) is 83.2 Å². The molecule has 6 heteroatoms. The lowest BCUT2D eigenvalue weighted by Crippen LogP contribution is -2.07. The highest BCUT2D eigenvalue weighted by atomic mass is 15.1. The van der Waals surface area contributed by atoms with Crippen molar-refractivity contribution in [1.29, 1.82) is 10.5 Å². The van der Waals surface area contributed by atoms with Gasteiger partial charge in [-0.3, -0.25) is 0 Å². The second-order valence-electron chi connectivity index (χ2n) is 7.17. The molecule has 0 aliphatic heterocycles. The Kier molecular flexibility index (Phi) is 9.18. The topological polar surface area (TPSA) is 78.8 Å². The van der Waals surface area contributed by atoms with E-state index in [1.807, 2.05) is 111 Å². The van der Waals surface area contributed by atoms with E-state index in [0.717, 1.165) is 22.5 Å². The Balaban J connectivity index is 2.04. The lowest BCUT2D eigenvalue weighted by molar-refractivity contribution is 1.13. The Morgan fingerprint density at radius 2 is 1.00 bits per heavy atom. The molecule has 0 unspecified atom stereocenters. The van der Waals surface area contributed by atoms with Gasteiger partial charge in [0.2, 0.25) is 0 Å². The molecule has 160 valence electrons. The van der Waals surface area contributed by atoms with Crippen molar-refractivity contribution >= 4 is 36.0 Å². The maximum absolute atomic E-state index is 9.33. The Hall–Kier alpha value is -4.42. The lowest BCUT2D eigenvalue weighted by Gasteiger charge is -2.11. The molecule has 0 saturated heterocycles. The van der Waals surface area contributed by atoms with Crippen molar-refractivity contribution < 1.29 is 0 Å². The standard InChI is InChI=1S/C26H26N6/c1-31(2)23-13-9-21(10-14-23)7-5-17-29-25(19-27)26(20-28)30-18-6-8-22-11-15-24(16-12-22)32(3)4/h5-18H,1-4H3/b7-5+,8-6+,26-25-,29-17-,30-18+. The van der Waals surface area contributed by atoms with Gasteiger partial charge < -0.3 is 9.80 Å². The van der Waals surface area contributed by atoms with Crippen LogP contribution in [0.25, 0.3) is 12.2 Å². The van der Waals surface area contributed by atoms with Crippen LogP contribution in [0.3, 0.4) is 0 Å². The first kappa shape index (κ1) is 23.9. The molecule has 6 nitrogen and oxygen atoms in total. The van der Waals surface area contributed by atoms with Gasteiger partial charge in [-0.2, -0.15) is 10.5 Å². The molecule has 0 amide bonds. The van der Waals surface area contributed by atoms with Gasteiger partial charge in [0.15, 0.2) is 11.4 Å². The highest BCUT2D eigenvalue weighted by molar-refractivity contribution is 5.81. The summed E-state index contributed by atoms with van der Waals surface area (Å²) in [6, 6.07) is 19.9. The largest absolute Gasteiger partial charge is 0.378 e. The first-order valence-corrected chi connectivity index (χ1v) is 9.95. The van der Waals surface area contributed by atoms with E-state index in [0.29, 0.717) is 0 Å². The normalized spacial score (nSPS) is 12.3. The van der Waals surface area contributed by atoms with E-state index in [2.05, 4.69) is 9.98 Å². The third-order valence-electron chi connectivity index (χ3n) is 4.41. The summed E-state index contributed by atoms with van der Waals surface area (Å²) < 4.78 is 0. The van der Waals surface area contributed by atoms with Gasteiger partial charge in [-0.15, -0.1) is 0 Å². The Morgan fingerprint density at radius 1 is 0.656 bits per heavy atom. The summed E-state index contributed by atoms with van der Waals surface area (Å²) in [5.74, 6) is 0. The summed E-state index contributed by atoms with van der Waals surface area (Å²) in [6.45, 7) is 0. The van der Waals surface area contributed by atoms with Crippen LogP contribution in [0.4, 0.5) is 11.4 Å². The van der Waals surface area contributed by atoms with Crippen LogP contribution < -0.4 is 9.80 Å². The number of anilines is 2. The van der Waals surface area contributed by atoms with Crippen molar-refractivity contribution in [2.24, 2.45) is 9.98 Å². The number of allylic oxidation sites excluding steroid dienone is 4. The van der Waals surface area contributed by atoms with Gasteiger partial charge >= 0.3 is 0 Å². The van der Waals surface area contributed by atoms with Gasteiger partial charge in [-0.25, -0.2) is 9.98 Å². The van der Waals surface area contributed by atoms with E-state index in [1.54, 1.807) is 12.2 Å². The monoisotopic (exact) mass is 422 g/mol. The molecule has 0 N–H and O–H groups in total. The zero-order valence-electron chi connectivity index (χ0n) is 18.8. The molecule has 0 spiro atoms. The van der Waals surface area contributed by atoms with Gasteiger partial charge in [0, 0.05) is 52.0 Å². The Labute approximate surface area is 190 Å². The fourth-order valence-electron chi connectivity index (χ4n) is 2.60. The van der Waals surface area contributed by atoms with Crippen LogP contribution in [-0.4, -0.2) is 40.6 Å². The molecule has 2 aromatic carbocycles. The van der Waals surface area contributed by atoms with E-state index in [9.17, 15) is 10.5 Å². The molecule has 0 aliphatic carbocycles. The van der Waals surface area contributed by atoms with Crippen LogP contribution in [0.1, 0.15) is 11.1 Å². The van der Waals surface area contributed by atoms with Gasteiger partial charge in [-0.05, 0) is 47.5 Å². The first-order chi connectivity index (χ1) is 15.4. The third kappa shape index (κ3) is 7.44. The molecule has 0 bridgehead atoms. The van der Waals surface area contributed by atoms with E-state index in [4.69, 9.17) is 0 Å². The first-order valence-electron chi connectivity index (χ1n) is 9.95. The average Bonchev–Trinajstić information content (AvgIpc) is 2.80. The quantitative estimate of drug-likeness (QED) is 0.446. The summed E-state index contributed by atoms with van der Waals surface area (Å²) in [4.78, 5) is 12.2. The number of nitriles is 2. The average molecular weight is 423 g/mol. The Bertz CT molecular complexity index is 1030. The molecule has 0 radical (unpaired) electrons. The molecule has 0 saturated carbocycles. The molecule has 2 rings (SSSR count). The highest BCUT2D eigenvalue weighted by Crippen LogP contribution is 2.14.